The SMILES string of the molecule is COC(O)C1=CCCCC1. The molecule has 1 N–H and O–H groups in total. The molecule has 0 bridgehead atoms. The summed E-state index contributed by atoms with van der Waals surface area (Å²) in [7, 11) is 1.53. The van der Waals surface area contributed by atoms with Crippen LogP contribution in [0.2, 0.25) is 0 Å². The van der Waals surface area contributed by atoms with Crippen LogP contribution in [-0.4, -0.2) is 18.5 Å². The second-order valence-electron chi connectivity index (χ2n) is 2.61. The zero-order chi connectivity index (χ0) is 7.40. The van der Waals surface area contributed by atoms with E-state index in [1.807, 2.05) is 0 Å². The highest BCUT2D eigenvalue weighted by molar-refractivity contribution is 5.07. The Balaban J connectivity index is 2.44. The Morgan fingerprint density at radius 3 is 2.90 bits per heavy atom. The Bertz CT molecular complexity index is 129. The van der Waals surface area contributed by atoms with E-state index in [9.17, 15) is 5.11 Å². The first-order valence-electron chi connectivity index (χ1n) is 3.74. The van der Waals surface area contributed by atoms with Crippen LogP contribution in [0.3, 0.4) is 0 Å². The molecule has 0 aromatic rings. The van der Waals surface area contributed by atoms with Gasteiger partial charge in [-0.1, -0.05) is 6.08 Å². The number of hydrogen-bond donors (Lipinski definition) is 1. The molecule has 0 aromatic heterocycles. The summed E-state index contributed by atoms with van der Waals surface area (Å²) in [6, 6.07) is 0. The molecule has 2 heteroatoms. The first kappa shape index (κ1) is 7.76. The summed E-state index contributed by atoms with van der Waals surface area (Å²) in [5.41, 5.74) is 1.05. The molecule has 1 atom stereocenters. The van der Waals surface area contributed by atoms with Crippen LogP contribution in [0, 0.1) is 0 Å². The van der Waals surface area contributed by atoms with Crippen molar-refractivity contribution >= 4 is 0 Å². The Hall–Kier alpha value is -0.340. The topological polar surface area (TPSA) is 29.5 Å². The maximum atomic E-state index is 9.19. The van der Waals surface area contributed by atoms with Crippen LogP contribution >= 0.6 is 0 Å². The average molecular weight is 142 g/mol. The molecule has 0 aromatic carbocycles. The lowest BCUT2D eigenvalue weighted by Gasteiger charge is -2.16. The van der Waals surface area contributed by atoms with Crippen molar-refractivity contribution in [3.05, 3.63) is 11.6 Å². The minimum absolute atomic E-state index is 0.653. The van der Waals surface area contributed by atoms with Crippen LogP contribution in [-0.2, 0) is 4.74 Å². The van der Waals surface area contributed by atoms with E-state index in [1.54, 1.807) is 0 Å². The Labute approximate surface area is 61.5 Å². The predicted octanol–water partition coefficient (Wildman–Crippen LogP) is 1.45. The van der Waals surface area contributed by atoms with Crippen molar-refractivity contribution in [3.8, 4) is 0 Å². The molecular formula is C8H14O2. The molecule has 1 aliphatic carbocycles. The number of aliphatic hydroxyl groups excluding tert-OH is 1. The van der Waals surface area contributed by atoms with Gasteiger partial charge in [0.2, 0.25) is 0 Å². The molecule has 0 aliphatic heterocycles. The number of ether oxygens (including phenoxy) is 1. The summed E-state index contributed by atoms with van der Waals surface area (Å²) in [5, 5.41) is 9.19. The lowest BCUT2D eigenvalue weighted by Crippen LogP contribution is -2.14. The van der Waals surface area contributed by atoms with Gasteiger partial charge in [0.05, 0.1) is 0 Å². The molecule has 0 heterocycles. The molecule has 0 fully saturated rings. The molecule has 0 amide bonds. The number of allylic oxidation sites excluding steroid dienone is 1. The van der Waals surface area contributed by atoms with Crippen LogP contribution in [0.4, 0.5) is 0 Å². The van der Waals surface area contributed by atoms with Crippen molar-refractivity contribution in [1.29, 1.82) is 0 Å². The van der Waals surface area contributed by atoms with Crippen LogP contribution < -0.4 is 0 Å². The fourth-order valence-corrected chi connectivity index (χ4v) is 1.24. The van der Waals surface area contributed by atoms with E-state index in [4.69, 9.17) is 4.74 Å². The maximum absolute atomic E-state index is 9.19. The Kier molecular flexibility index (Phi) is 2.90. The minimum atomic E-state index is -0.653. The van der Waals surface area contributed by atoms with Crippen molar-refractivity contribution in [2.24, 2.45) is 0 Å². The third-order valence-electron chi connectivity index (χ3n) is 1.87. The van der Waals surface area contributed by atoms with Gasteiger partial charge in [-0.05, 0) is 31.3 Å². The number of hydrogen-bond acceptors (Lipinski definition) is 2. The number of aliphatic hydroxyl groups is 1. The molecule has 0 spiro atoms. The van der Waals surface area contributed by atoms with E-state index in [-0.39, 0.29) is 0 Å². The highest BCUT2D eigenvalue weighted by Crippen LogP contribution is 2.20. The van der Waals surface area contributed by atoms with Crippen LogP contribution in [0.1, 0.15) is 25.7 Å². The highest BCUT2D eigenvalue weighted by atomic mass is 16.6. The fraction of sp³-hybridized carbons (Fsp3) is 0.750. The number of rotatable bonds is 2. The van der Waals surface area contributed by atoms with Crippen molar-refractivity contribution in [3.63, 3.8) is 0 Å². The quantitative estimate of drug-likeness (QED) is 0.467. The molecule has 2 nitrogen and oxygen atoms in total. The Morgan fingerprint density at radius 1 is 1.60 bits per heavy atom. The largest absolute Gasteiger partial charge is 0.364 e. The number of methoxy groups -OCH3 is 1. The van der Waals surface area contributed by atoms with Crippen molar-refractivity contribution in [2.75, 3.05) is 7.11 Å². The smallest absolute Gasteiger partial charge is 0.176 e. The van der Waals surface area contributed by atoms with Gasteiger partial charge in [-0.3, -0.25) is 0 Å². The van der Waals surface area contributed by atoms with Gasteiger partial charge in [0.15, 0.2) is 6.29 Å². The highest BCUT2D eigenvalue weighted by Gasteiger charge is 2.11. The third kappa shape index (κ3) is 1.82. The molecule has 0 radical (unpaired) electrons. The second-order valence-corrected chi connectivity index (χ2v) is 2.61. The summed E-state index contributed by atoms with van der Waals surface area (Å²) < 4.78 is 4.78. The lowest BCUT2D eigenvalue weighted by molar-refractivity contribution is -0.0476. The maximum Gasteiger partial charge on any atom is 0.176 e. The van der Waals surface area contributed by atoms with Gasteiger partial charge in [0.25, 0.3) is 0 Å². The van der Waals surface area contributed by atoms with Crippen LogP contribution in [0.25, 0.3) is 0 Å². The monoisotopic (exact) mass is 142 g/mol. The van der Waals surface area contributed by atoms with Gasteiger partial charge < -0.3 is 9.84 Å². The summed E-state index contributed by atoms with van der Waals surface area (Å²) in [6.45, 7) is 0. The standard InChI is InChI=1S/C8H14O2/c1-10-8(9)7-5-3-2-4-6-7/h5,8-9H,2-4,6H2,1H3. The van der Waals surface area contributed by atoms with E-state index in [0.29, 0.717) is 0 Å². The predicted molar refractivity (Wildman–Crippen MR) is 39.6 cm³/mol. The van der Waals surface area contributed by atoms with E-state index in [0.717, 1.165) is 18.4 Å². The minimum Gasteiger partial charge on any atom is -0.364 e. The summed E-state index contributed by atoms with van der Waals surface area (Å²) in [6.07, 6.45) is 5.95. The van der Waals surface area contributed by atoms with Gasteiger partial charge in [-0.25, -0.2) is 0 Å². The summed E-state index contributed by atoms with van der Waals surface area (Å²) in [5.74, 6) is 0. The average Bonchev–Trinajstić information content (AvgIpc) is 2.05. The summed E-state index contributed by atoms with van der Waals surface area (Å²) in [4.78, 5) is 0. The molecule has 0 saturated heterocycles. The molecular weight excluding hydrogens is 128 g/mol. The van der Waals surface area contributed by atoms with Crippen molar-refractivity contribution in [1.82, 2.24) is 0 Å². The second kappa shape index (κ2) is 3.74. The van der Waals surface area contributed by atoms with Crippen LogP contribution in [0.5, 0.6) is 0 Å². The molecule has 1 unspecified atom stereocenters. The van der Waals surface area contributed by atoms with E-state index in [1.165, 1.54) is 20.0 Å². The van der Waals surface area contributed by atoms with Gasteiger partial charge in [0.1, 0.15) is 0 Å². The van der Waals surface area contributed by atoms with E-state index >= 15 is 0 Å². The van der Waals surface area contributed by atoms with Gasteiger partial charge in [0, 0.05) is 7.11 Å². The van der Waals surface area contributed by atoms with Gasteiger partial charge in [-0.2, -0.15) is 0 Å². The van der Waals surface area contributed by atoms with Crippen molar-refractivity contribution < 1.29 is 9.84 Å². The third-order valence-corrected chi connectivity index (χ3v) is 1.87. The zero-order valence-corrected chi connectivity index (χ0v) is 6.34. The molecule has 10 heavy (non-hydrogen) atoms. The first-order valence-corrected chi connectivity index (χ1v) is 3.74. The normalized spacial score (nSPS) is 22.0. The van der Waals surface area contributed by atoms with Crippen molar-refractivity contribution in [2.45, 2.75) is 32.0 Å². The fourth-order valence-electron chi connectivity index (χ4n) is 1.24. The van der Waals surface area contributed by atoms with E-state index < -0.39 is 6.29 Å². The molecule has 1 aliphatic rings. The molecule has 0 saturated carbocycles. The Morgan fingerprint density at radius 2 is 2.40 bits per heavy atom. The van der Waals surface area contributed by atoms with E-state index in [2.05, 4.69) is 6.08 Å². The summed E-state index contributed by atoms with van der Waals surface area (Å²) >= 11 is 0. The van der Waals surface area contributed by atoms with Gasteiger partial charge >= 0.3 is 0 Å². The zero-order valence-electron chi connectivity index (χ0n) is 6.34. The van der Waals surface area contributed by atoms with Crippen LogP contribution in [0.15, 0.2) is 11.6 Å². The first-order chi connectivity index (χ1) is 4.84. The lowest BCUT2D eigenvalue weighted by atomic mass is 9.99. The van der Waals surface area contributed by atoms with Gasteiger partial charge in [-0.15, -0.1) is 0 Å². The molecule has 1 rings (SSSR count). The molecule has 58 valence electrons.